The van der Waals surface area contributed by atoms with Crippen molar-refractivity contribution < 1.29 is 14.3 Å². The SMILES string of the molecule is CC(C)(C)c1ccc(C(=O)Oc2ccc([C@H]3NC(=O)c4c(sc5c4CC[C@@H](C(C)(C)C)C5)N3)cc2)cc1. The molecule has 2 heterocycles. The van der Waals surface area contributed by atoms with Crippen LogP contribution in [-0.2, 0) is 18.3 Å². The number of anilines is 1. The second kappa shape index (κ2) is 9.32. The number of amides is 1. The number of hydrogen-bond donors (Lipinski definition) is 2. The van der Waals surface area contributed by atoms with Gasteiger partial charge in [-0.2, -0.15) is 0 Å². The van der Waals surface area contributed by atoms with Crippen LogP contribution in [0.1, 0.15) is 96.4 Å². The average molecular weight is 517 g/mol. The molecule has 2 atom stereocenters. The molecule has 5 nitrogen and oxygen atoms in total. The van der Waals surface area contributed by atoms with Gasteiger partial charge in [0, 0.05) is 4.88 Å². The van der Waals surface area contributed by atoms with Gasteiger partial charge in [0.25, 0.3) is 5.91 Å². The predicted molar refractivity (Wildman–Crippen MR) is 150 cm³/mol. The van der Waals surface area contributed by atoms with Gasteiger partial charge in [0.1, 0.15) is 16.9 Å². The Morgan fingerprint density at radius 2 is 1.62 bits per heavy atom. The second-order valence-electron chi connectivity index (χ2n) is 12.4. The van der Waals surface area contributed by atoms with E-state index in [0.29, 0.717) is 17.2 Å². The summed E-state index contributed by atoms with van der Waals surface area (Å²) in [4.78, 5) is 27.1. The highest BCUT2D eigenvalue weighted by Crippen LogP contribution is 2.46. The van der Waals surface area contributed by atoms with Crippen molar-refractivity contribution in [1.29, 1.82) is 0 Å². The number of hydrogen-bond acceptors (Lipinski definition) is 5. The minimum absolute atomic E-state index is 0.0142. The van der Waals surface area contributed by atoms with Crippen molar-refractivity contribution in [2.75, 3.05) is 5.32 Å². The average Bonchev–Trinajstić information content (AvgIpc) is 3.22. The molecule has 2 aliphatic rings. The third kappa shape index (κ3) is 5.17. The Morgan fingerprint density at radius 3 is 2.24 bits per heavy atom. The standard InChI is InChI=1S/C31H36N2O3S/c1-30(2,3)20-11-7-19(8-12-20)29(35)36-22-14-9-18(10-15-22)26-32-27(34)25-23-16-13-21(31(4,5)6)17-24(23)37-28(25)33-26/h7-12,14-15,21,26,33H,13,16-17H2,1-6H3,(H,32,34)/t21-,26+/m1/s1. The summed E-state index contributed by atoms with van der Waals surface area (Å²) in [6, 6.07) is 14.9. The van der Waals surface area contributed by atoms with Gasteiger partial charge in [-0.3, -0.25) is 4.79 Å². The molecule has 0 bridgehead atoms. The number of esters is 1. The van der Waals surface area contributed by atoms with Crippen molar-refractivity contribution in [2.45, 2.75) is 72.4 Å². The van der Waals surface area contributed by atoms with Crippen molar-refractivity contribution in [3.8, 4) is 5.75 Å². The molecule has 1 aliphatic heterocycles. The lowest BCUT2D eigenvalue weighted by Crippen LogP contribution is -2.38. The van der Waals surface area contributed by atoms with Crippen LogP contribution >= 0.6 is 11.3 Å². The normalized spacial score (nSPS) is 19.4. The minimum Gasteiger partial charge on any atom is -0.423 e. The van der Waals surface area contributed by atoms with Crippen LogP contribution in [0.15, 0.2) is 48.5 Å². The molecule has 2 N–H and O–H groups in total. The van der Waals surface area contributed by atoms with Gasteiger partial charge < -0.3 is 15.4 Å². The number of fused-ring (bicyclic) bond motifs is 3. The number of thiophene rings is 1. The van der Waals surface area contributed by atoms with E-state index in [1.807, 2.05) is 24.3 Å². The Labute approximate surface area is 223 Å². The Bertz CT molecular complexity index is 1330. The lowest BCUT2D eigenvalue weighted by molar-refractivity contribution is 0.0734. The van der Waals surface area contributed by atoms with Crippen molar-refractivity contribution in [3.63, 3.8) is 0 Å². The van der Waals surface area contributed by atoms with Crippen LogP contribution in [0.5, 0.6) is 5.75 Å². The molecule has 194 valence electrons. The molecule has 1 aromatic heterocycles. The molecule has 3 aromatic rings. The summed E-state index contributed by atoms with van der Waals surface area (Å²) >= 11 is 1.73. The van der Waals surface area contributed by atoms with Crippen molar-refractivity contribution in [2.24, 2.45) is 11.3 Å². The smallest absolute Gasteiger partial charge is 0.343 e. The van der Waals surface area contributed by atoms with Gasteiger partial charge in [-0.15, -0.1) is 11.3 Å². The highest BCUT2D eigenvalue weighted by atomic mass is 32.1. The fraction of sp³-hybridized carbons (Fsp3) is 0.419. The molecule has 37 heavy (non-hydrogen) atoms. The zero-order valence-electron chi connectivity index (χ0n) is 22.5. The summed E-state index contributed by atoms with van der Waals surface area (Å²) in [6.07, 6.45) is 2.79. The maximum atomic E-state index is 13.1. The fourth-order valence-electron chi connectivity index (χ4n) is 5.20. The molecule has 5 rings (SSSR count). The molecule has 0 saturated carbocycles. The second-order valence-corrected chi connectivity index (χ2v) is 13.5. The molecule has 0 unspecified atom stereocenters. The third-order valence-electron chi connectivity index (χ3n) is 7.68. The van der Waals surface area contributed by atoms with E-state index in [4.69, 9.17) is 4.74 Å². The largest absolute Gasteiger partial charge is 0.423 e. The summed E-state index contributed by atoms with van der Waals surface area (Å²) in [5.41, 5.74) is 4.93. The molecule has 0 radical (unpaired) electrons. The summed E-state index contributed by atoms with van der Waals surface area (Å²) in [5.74, 6) is 0.696. The van der Waals surface area contributed by atoms with Crippen LogP contribution < -0.4 is 15.4 Å². The monoisotopic (exact) mass is 516 g/mol. The van der Waals surface area contributed by atoms with E-state index in [1.54, 1.807) is 35.6 Å². The minimum atomic E-state index is -0.389. The van der Waals surface area contributed by atoms with E-state index in [-0.39, 0.29) is 28.9 Å². The number of carbonyl (C=O) groups excluding carboxylic acids is 2. The van der Waals surface area contributed by atoms with Crippen molar-refractivity contribution >= 4 is 28.2 Å². The molecular weight excluding hydrogens is 480 g/mol. The van der Waals surface area contributed by atoms with Gasteiger partial charge in [0.05, 0.1) is 11.1 Å². The Kier molecular flexibility index (Phi) is 6.43. The summed E-state index contributed by atoms with van der Waals surface area (Å²) in [5, 5.41) is 7.62. The zero-order valence-corrected chi connectivity index (χ0v) is 23.3. The molecule has 0 saturated heterocycles. The lowest BCUT2D eigenvalue weighted by Gasteiger charge is -2.34. The first-order valence-electron chi connectivity index (χ1n) is 13.0. The van der Waals surface area contributed by atoms with Crippen LogP contribution in [0.4, 0.5) is 5.00 Å². The van der Waals surface area contributed by atoms with Crippen LogP contribution in [0.2, 0.25) is 0 Å². The number of benzene rings is 2. The maximum absolute atomic E-state index is 13.1. The fourth-order valence-corrected chi connectivity index (χ4v) is 6.56. The lowest BCUT2D eigenvalue weighted by atomic mass is 9.72. The van der Waals surface area contributed by atoms with Gasteiger partial charge >= 0.3 is 5.97 Å². The van der Waals surface area contributed by atoms with Gasteiger partial charge in [-0.25, -0.2) is 4.79 Å². The van der Waals surface area contributed by atoms with Crippen LogP contribution in [0.3, 0.4) is 0 Å². The predicted octanol–water partition coefficient (Wildman–Crippen LogP) is 7.27. The van der Waals surface area contributed by atoms with Crippen LogP contribution in [0.25, 0.3) is 0 Å². The van der Waals surface area contributed by atoms with Crippen molar-refractivity contribution in [1.82, 2.24) is 5.32 Å². The highest BCUT2D eigenvalue weighted by molar-refractivity contribution is 7.16. The number of nitrogens with one attached hydrogen (secondary N) is 2. The van der Waals surface area contributed by atoms with Gasteiger partial charge in [-0.05, 0) is 77.0 Å². The molecule has 1 aliphatic carbocycles. The summed E-state index contributed by atoms with van der Waals surface area (Å²) < 4.78 is 5.59. The number of rotatable bonds is 3. The summed E-state index contributed by atoms with van der Waals surface area (Å²) in [7, 11) is 0. The molecule has 0 fully saturated rings. The quantitative estimate of drug-likeness (QED) is 0.284. The van der Waals surface area contributed by atoms with Gasteiger partial charge in [0.15, 0.2) is 0 Å². The van der Waals surface area contributed by atoms with E-state index in [2.05, 4.69) is 52.2 Å². The van der Waals surface area contributed by atoms with E-state index in [0.717, 1.165) is 35.4 Å². The first-order chi connectivity index (χ1) is 17.4. The van der Waals surface area contributed by atoms with E-state index < -0.39 is 0 Å². The topological polar surface area (TPSA) is 67.4 Å². The van der Waals surface area contributed by atoms with Gasteiger partial charge in [0.2, 0.25) is 0 Å². The molecular formula is C31H36N2O3S. The first-order valence-corrected chi connectivity index (χ1v) is 13.9. The van der Waals surface area contributed by atoms with Crippen LogP contribution in [-0.4, -0.2) is 11.9 Å². The molecule has 2 aromatic carbocycles. The van der Waals surface area contributed by atoms with E-state index in [1.165, 1.54) is 16.0 Å². The zero-order chi connectivity index (χ0) is 26.5. The Hall–Kier alpha value is -3.12. The Morgan fingerprint density at radius 1 is 0.946 bits per heavy atom. The Balaban J connectivity index is 1.27. The molecule has 1 amide bonds. The number of carbonyl (C=O) groups is 2. The van der Waals surface area contributed by atoms with E-state index in [9.17, 15) is 9.59 Å². The van der Waals surface area contributed by atoms with Crippen LogP contribution in [0, 0.1) is 11.3 Å². The van der Waals surface area contributed by atoms with E-state index >= 15 is 0 Å². The van der Waals surface area contributed by atoms with Crippen molar-refractivity contribution in [3.05, 3.63) is 81.2 Å². The highest BCUT2D eigenvalue weighted by Gasteiger charge is 2.36. The number of ether oxygens (including phenoxy) is 1. The first kappa shape index (κ1) is 25.5. The van der Waals surface area contributed by atoms with Gasteiger partial charge in [-0.1, -0.05) is 65.8 Å². The molecule has 0 spiro atoms. The third-order valence-corrected chi connectivity index (χ3v) is 8.86. The molecule has 6 heteroatoms. The summed E-state index contributed by atoms with van der Waals surface area (Å²) in [6.45, 7) is 13.3. The maximum Gasteiger partial charge on any atom is 0.343 e.